The van der Waals surface area contributed by atoms with E-state index in [4.69, 9.17) is 9.98 Å². The lowest BCUT2D eigenvalue weighted by Gasteiger charge is -2.40. The third-order valence-corrected chi connectivity index (χ3v) is 4.17. The van der Waals surface area contributed by atoms with E-state index in [1.807, 2.05) is 6.92 Å². The average Bonchev–Trinajstić information content (AvgIpc) is 2.54. The summed E-state index contributed by atoms with van der Waals surface area (Å²) >= 11 is 0. The van der Waals surface area contributed by atoms with Gasteiger partial charge in [0.05, 0.1) is 6.61 Å². The van der Waals surface area contributed by atoms with Gasteiger partial charge in [-0.3, -0.25) is 0 Å². The molecule has 1 aliphatic rings. The number of aliphatic hydroxyl groups excluding tert-OH is 1. The summed E-state index contributed by atoms with van der Waals surface area (Å²) in [5.74, 6) is 0.859. The quantitative estimate of drug-likeness (QED) is 0.658. The second kappa shape index (κ2) is 7.70. The summed E-state index contributed by atoms with van der Waals surface area (Å²) in [6.07, 6.45) is 0.893. The largest absolute Gasteiger partial charge is 0.395 e. The van der Waals surface area contributed by atoms with Crippen LogP contribution in [0.4, 0.5) is 0 Å². The maximum absolute atomic E-state index is 9.50. The Hall–Kier alpha value is -1.72. The van der Waals surface area contributed by atoms with E-state index in [0.29, 0.717) is 6.54 Å². The molecular weight excluding hydrogens is 288 g/mol. The highest BCUT2D eigenvalue weighted by Gasteiger charge is 2.29. The van der Waals surface area contributed by atoms with E-state index in [1.165, 1.54) is 0 Å². The molecular formula is C18H28N4O. The molecule has 0 saturated carbocycles. The van der Waals surface area contributed by atoms with Crippen LogP contribution in [0.15, 0.2) is 29.4 Å². The van der Waals surface area contributed by atoms with E-state index in [1.54, 1.807) is 0 Å². The van der Waals surface area contributed by atoms with E-state index in [2.05, 4.69) is 49.7 Å². The van der Waals surface area contributed by atoms with E-state index >= 15 is 0 Å². The number of aromatic nitrogens is 1. The zero-order chi connectivity index (χ0) is 17.0. The predicted octanol–water partition coefficient (Wildman–Crippen LogP) is 1.89. The number of allylic oxidation sites excluding steroid dienone is 1. The van der Waals surface area contributed by atoms with Crippen LogP contribution in [0.3, 0.4) is 0 Å². The van der Waals surface area contributed by atoms with Crippen LogP contribution in [0.25, 0.3) is 0 Å². The molecule has 1 aliphatic heterocycles. The average molecular weight is 316 g/mol. The van der Waals surface area contributed by atoms with Crippen LogP contribution in [0.2, 0.25) is 0 Å². The molecule has 1 aromatic rings. The number of rotatable bonds is 4. The summed E-state index contributed by atoms with van der Waals surface area (Å²) in [5.41, 5.74) is 3.84. The summed E-state index contributed by atoms with van der Waals surface area (Å²) in [4.78, 5) is 11.7. The fraction of sp³-hybridized carbons (Fsp3) is 0.556. The third-order valence-electron chi connectivity index (χ3n) is 4.17. The predicted molar refractivity (Wildman–Crippen MR) is 94.7 cm³/mol. The fourth-order valence-corrected chi connectivity index (χ4v) is 2.77. The minimum atomic E-state index is 0.0520. The Labute approximate surface area is 139 Å². The topological polar surface area (TPSA) is 60.8 Å². The summed E-state index contributed by atoms with van der Waals surface area (Å²) < 4.78 is 0. The van der Waals surface area contributed by atoms with Gasteiger partial charge in [-0.2, -0.15) is 0 Å². The number of hydrogen-bond donors (Lipinski definition) is 2. The van der Waals surface area contributed by atoms with Crippen LogP contribution in [-0.4, -0.2) is 52.6 Å². The Morgan fingerprint density at radius 1 is 1.52 bits per heavy atom. The zero-order valence-electron chi connectivity index (χ0n) is 14.6. The Morgan fingerprint density at radius 2 is 2.26 bits per heavy atom. The minimum Gasteiger partial charge on any atom is -0.395 e. The van der Waals surface area contributed by atoms with Crippen molar-refractivity contribution in [2.45, 2.75) is 46.2 Å². The molecule has 5 heteroatoms. The van der Waals surface area contributed by atoms with Gasteiger partial charge in [0.15, 0.2) is 5.84 Å². The van der Waals surface area contributed by atoms with Gasteiger partial charge in [0.25, 0.3) is 0 Å². The maximum Gasteiger partial charge on any atom is 0.155 e. The highest BCUT2D eigenvalue weighted by molar-refractivity contribution is 5.99. The highest BCUT2D eigenvalue weighted by atomic mass is 16.3. The fourth-order valence-electron chi connectivity index (χ4n) is 2.77. The first-order valence-corrected chi connectivity index (χ1v) is 8.28. The first-order valence-electron chi connectivity index (χ1n) is 8.28. The number of aliphatic imine (C=N–C) groups is 1. The molecule has 0 aromatic carbocycles. The Balaban J connectivity index is 2.47. The zero-order valence-corrected chi connectivity index (χ0v) is 14.6. The van der Waals surface area contributed by atoms with E-state index in [9.17, 15) is 5.11 Å². The normalized spacial score (nSPS) is 22.3. The van der Waals surface area contributed by atoms with Gasteiger partial charge in [-0.15, -0.1) is 0 Å². The van der Waals surface area contributed by atoms with Gasteiger partial charge in [-0.05, 0) is 38.8 Å². The monoisotopic (exact) mass is 316 g/mol. The highest BCUT2D eigenvalue weighted by Crippen LogP contribution is 2.17. The molecule has 2 rings (SSSR count). The number of hydrogen-bond acceptors (Lipinski definition) is 4. The molecule has 2 N–H and O–H groups in total. The molecule has 1 aromatic heterocycles. The summed E-state index contributed by atoms with van der Waals surface area (Å²) in [7, 11) is 0. The van der Waals surface area contributed by atoms with Gasteiger partial charge in [-0.25, -0.2) is 9.98 Å². The van der Waals surface area contributed by atoms with Crippen molar-refractivity contribution in [3.63, 3.8) is 0 Å². The molecule has 1 saturated heterocycles. The van der Waals surface area contributed by atoms with Crippen molar-refractivity contribution in [3.05, 3.63) is 41.4 Å². The van der Waals surface area contributed by atoms with Crippen molar-refractivity contribution in [3.8, 4) is 0 Å². The van der Waals surface area contributed by atoms with Crippen LogP contribution in [0, 0.1) is 6.92 Å². The standard InChI is InChI=1S/C18H28N4O/c1-6-15-8-7-13(4)17(21-15)18(20-12(2)3)22-10-16(11-23)19-9-14(22)5/h7-8,14,16,19,23H,2,6,9-11H2,1,3-5H3/t14?,16-/m0/s1. The molecule has 0 amide bonds. The van der Waals surface area contributed by atoms with Crippen LogP contribution < -0.4 is 5.32 Å². The van der Waals surface area contributed by atoms with Gasteiger partial charge in [0, 0.05) is 36.6 Å². The number of nitrogens with one attached hydrogen (secondary N) is 1. The van der Waals surface area contributed by atoms with Gasteiger partial charge in [0.2, 0.25) is 0 Å². The molecule has 126 valence electrons. The molecule has 5 nitrogen and oxygen atoms in total. The molecule has 0 bridgehead atoms. The lowest BCUT2D eigenvalue weighted by atomic mass is 10.1. The molecule has 0 aliphatic carbocycles. The third kappa shape index (κ3) is 4.18. The van der Waals surface area contributed by atoms with Crippen molar-refractivity contribution in [1.29, 1.82) is 0 Å². The molecule has 0 radical (unpaired) electrons. The molecule has 2 atom stereocenters. The number of aryl methyl sites for hydroxylation is 2. The Morgan fingerprint density at radius 3 is 2.87 bits per heavy atom. The Kier molecular flexibility index (Phi) is 5.91. The van der Waals surface area contributed by atoms with Crippen molar-refractivity contribution < 1.29 is 5.11 Å². The van der Waals surface area contributed by atoms with Gasteiger partial charge >= 0.3 is 0 Å². The number of piperazine rings is 1. The lowest BCUT2D eigenvalue weighted by molar-refractivity contribution is 0.162. The van der Waals surface area contributed by atoms with E-state index in [-0.39, 0.29) is 18.7 Å². The molecule has 1 unspecified atom stereocenters. The van der Waals surface area contributed by atoms with Gasteiger partial charge in [-0.1, -0.05) is 19.6 Å². The second-order valence-electron chi connectivity index (χ2n) is 6.28. The summed E-state index contributed by atoms with van der Waals surface area (Å²) in [5, 5.41) is 12.9. The summed E-state index contributed by atoms with van der Waals surface area (Å²) in [6.45, 7) is 13.8. The SMILES string of the molecule is C=C(C)N=C(c1nc(CC)ccc1C)N1C[C@@H](CO)NCC1C. The van der Waals surface area contributed by atoms with Crippen LogP contribution in [0.5, 0.6) is 0 Å². The first-order chi connectivity index (χ1) is 11.0. The Bertz CT molecular complexity index is 597. The molecule has 23 heavy (non-hydrogen) atoms. The molecule has 1 fully saturated rings. The van der Waals surface area contributed by atoms with E-state index < -0.39 is 0 Å². The van der Waals surface area contributed by atoms with Gasteiger partial charge < -0.3 is 15.3 Å². The second-order valence-corrected chi connectivity index (χ2v) is 6.28. The number of nitrogens with zero attached hydrogens (tertiary/aromatic N) is 3. The lowest BCUT2D eigenvalue weighted by Crippen LogP contribution is -2.58. The smallest absolute Gasteiger partial charge is 0.155 e. The number of amidine groups is 1. The van der Waals surface area contributed by atoms with Crippen LogP contribution >= 0.6 is 0 Å². The van der Waals surface area contributed by atoms with Crippen molar-refractivity contribution in [1.82, 2.24) is 15.2 Å². The first kappa shape index (κ1) is 17.6. The van der Waals surface area contributed by atoms with Crippen molar-refractivity contribution in [2.75, 3.05) is 19.7 Å². The number of aliphatic hydroxyl groups is 1. The van der Waals surface area contributed by atoms with Gasteiger partial charge in [0.1, 0.15) is 5.69 Å². The molecule has 0 spiro atoms. The minimum absolute atomic E-state index is 0.0520. The number of pyridine rings is 1. The van der Waals surface area contributed by atoms with E-state index in [0.717, 1.165) is 41.4 Å². The van der Waals surface area contributed by atoms with Crippen molar-refractivity contribution in [2.24, 2.45) is 4.99 Å². The molecule has 2 heterocycles. The summed E-state index contributed by atoms with van der Waals surface area (Å²) in [6, 6.07) is 4.50. The van der Waals surface area contributed by atoms with Crippen molar-refractivity contribution >= 4 is 5.84 Å². The van der Waals surface area contributed by atoms with Crippen LogP contribution in [-0.2, 0) is 6.42 Å². The van der Waals surface area contributed by atoms with Crippen LogP contribution in [0.1, 0.15) is 37.7 Å². The maximum atomic E-state index is 9.50.